The number of nitrogens with one attached hydrogen (secondary N) is 2. The predicted octanol–water partition coefficient (Wildman–Crippen LogP) is 3.90. The number of hydrogen-bond donors (Lipinski definition) is 2. The average molecular weight is 466 g/mol. The van der Waals surface area contributed by atoms with E-state index in [4.69, 9.17) is 4.42 Å². The fraction of sp³-hybridized carbons (Fsp3) is 0.320. The van der Waals surface area contributed by atoms with Gasteiger partial charge in [0.15, 0.2) is 5.76 Å². The SMILES string of the molecule is O=C(NCC(=O)N(Cc1ccccc1)C(C(=O)NC1CCCC1)c1cccs1)c1ccco1. The van der Waals surface area contributed by atoms with E-state index in [1.54, 1.807) is 11.0 Å². The molecule has 1 aliphatic carbocycles. The lowest BCUT2D eigenvalue weighted by atomic mass is 10.1. The van der Waals surface area contributed by atoms with Gasteiger partial charge in [-0.15, -0.1) is 11.3 Å². The van der Waals surface area contributed by atoms with Gasteiger partial charge in [0.1, 0.15) is 6.04 Å². The maximum atomic E-state index is 13.5. The number of thiophene rings is 1. The Balaban J connectivity index is 1.57. The minimum atomic E-state index is -0.779. The molecule has 0 aliphatic heterocycles. The summed E-state index contributed by atoms with van der Waals surface area (Å²) in [7, 11) is 0. The van der Waals surface area contributed by atoms with Gasteiger partial charge in [0.2, 0.25) is 11.8 Å². The van der Waals surface area contributed by atoms with Crippen molar-refractivity contribution in [1.82, 2.24) is 15.5 Å². The molecule has 1 atom stereocenters. The summed E-state index contributed by atoms with van der Waals surface area (Å²) in [5, 5.41) is 7.66. The van der Waals surface area contributed by atoms with E-state index in [1.807, 2.05) is 47.8 Å². The van der Waals surface area contributed by atoms with Crippen LogP contribution in [0.4, 0.5) is 0 Å². The molecule has 1 unspecified atom stereocenters. The summed E-state index contributed by atoms with van der Waals surface area (Å²) in [6.07, 6.45) is 5.50. The minimum absolute atomic E-state index is 0.131. The monoisotopic (exact) mass is 465 g/mol. The average Bonchev–Trinajstić information content (AvgIpc) is 3.61. The number of carbonyl (C=O) groups excluding carboxylic acids is 3. The second kappa shape index (κ2) is 11.0. The maximum Gasteiger partial charge on any atom is 0.287 e. The van der Waals surface area contributed by atoms with Crippen molar-refractivity contribution in [2.45, 2.75) is 44.3 Å². The van der Waals surface area contributed by atoms with Crippen molar-refractivity contribution in [2.75, 3.05) is 6.54 Å². The Labute approximate surface area is 196 Å². The predicted molar refractivity (Wildman–Crippen MR) is 125 cm³/mol. The van der Waals surface area contributed by atoms with Crippen LogP contribution in [0.15, 0.2) is 70.7 Å². The van der Waals surface area contributed by atoms with Crippen LogP contribution in [0.1, 0.15) is 52.7 Å². The quantitative estimate of drug-likeness (QED) is 0.501. The van der Waals surface area contributed by atoms with Crippen LogP contribution in [0, 0.1) is 0 Å². The van der Waals surface area contributed by atoms with Crippen LogP contribution < -0.4 is 10.6 Å². The zero-order chi connectivity index (χ0) is 23.0. The van der Waals surface area contributed by atoms with Crippen molar-refractivity contribution in [1.29, 1.82) is 0 Å². The van der Waals surface area contributed by atoms with Crippen molar-refractivity contribution in [2.24, 2.45) is 0 Å². The number of furan rings is 1. The lowest BCUT2D eigenvalue weighted by Gasteiger charge is -2.31. The highest BCUT2D eigenvalue weighted by molar-refractivity contribution is 7.10. The number of benzene rings is 1. The molecule has 0 saturated heterocycles. The van der Waals surface area contributed by atoms with E-state index in [9.17, 15) is 14.4 Å². The molecule has 1 saturated carbocycles. The summed E-state index contributed by atoms with van der Waals surface area (Å²) < 4.78 is 5.10. The number of amides is 3. The maximum absolute atomic E-state index is 13.5. The van der Waals surface area contributed by atoms with Crippen LogP contribution in [0.25, 0.3) is 0 Å². The molecule has 2 heterocycles. The van der Waals surface area contributed by atoms with Crippen molar-refractivity contribution in [3.05, 3.63) is 82.4 Å². The largest absolute Gasteiger partial charge is 0.459 e. The smallest absolute Gasteiger partial charge is 0.287 e. The first-order valence-corrected chi connectivity index (χ1v) is 12.0. The zero-order valence-electron chi connectivity index (χ0n) is 18.2. The van der Waals surface area contributed by atoms with Crippen molar-refractivity contribution in [3.63, 3.8) is 0 Å². The van der Waals surface area contributed by atoms with E-state index < -0.39 is 11.9 Å². The second-order valence-electron chi connectivity index (χ2n) is 8.08. The molecule has 2 aromatic heterocycles. The van der Waals surface area contributed by atoms with Gasteiger partial charge < -0.3 is 20.0 Å². The molecule has 3 aromatic rings. The fourth-order valence-corrected chi connectivity index (χ4v) is 4.91. The first-order valence-electron chi connectivity index (χ1n) is 11.1. The van der Waals surface area contributed by atoms with Crippen LogP contribution in [-0.2, 0) is 16.1 Å². The molecular formula is C25H27N3O4S. The Kier molecular flexibility index (Phi) is 7.57. The summed E-state index contributed by atoms with van der Waals surface area (Å²) in [6, 6.07) is 15.8. The molecule has 1 fully saturated rings. The molecule has 8 heteroatoms. The second-order valence-corrected chi connectivity index (χ2v) is 9.05. The lowest BCUT2D eigenvalue weighted by Crippen LogP contribution is -2.48. The van der Waals surface area contributed by atoms with Gasteiger partial charge in [-0.2, -0.15) is 0 Å². The third-order valence-corrected chi connectivity index (χ3v) is 6.66. The Morgan fingerprint density at radius 3 is 2.48 bits per heavy atom. The highest BCUT2D eigenvalue weighted by Gasteiger charge is 2.34. The molecule has 1 aliphatic rings. The molecular weight excluding hydrogens is 438 g/mol. The van der Waals surface area contributed by atoms with E-state index in [1.165, 1.54) is 23.7 Å². The van der Waals surface area contributed by atoms with Gasteiger partial charge in [-0.25, -0.2) is 0 Å². The van der Waals surface area contributed by atoms with Gasteiger partial charge in [0.25, 0.3) is 5.91 Å². The highest BCUT2D eigenvalue weighted by Crippen LogP contribution is 2.29. The Morgan fingerprint density at radius 2 is 1.82 bits per heavy atom. The molecule has 0 bridgehead atoms. The van der Waals surface area contributed by atoms with Gasteiger partial charge in [-0.05, 0) is 42.0 Å². The molecule has 2 N–H and O–H groups in total. The molecule has 7 nitrogen and oxygen atoms in total. The first kappa shape index (κ1) is 22.8. The van der Waals surface area contributed by atoms with Gasteiger partial charge >= 0.3 is 0 Å². The standard InChI is InChI=1S/C25H27N3O4S/c29-22(16-26-24(30)20-12-6-14-32-20)28(17-18-8-2-1-3-9-18)23(21-13-7-15-33-21)25(31)27-19-10-4-5-11-19/h1-3,6-9,12-15,19,23H,4-5,10-11,16-17H2,(H,26,30)(H,27,31). The molecule has 4 rings (SSSR count). The summed E-state index contributed by atoms with van der Waals surface area (Å²) in [4.78, 5) is 41.5. The molecule has 0 radical (unpaired) electrons. The summed E-state index contributed by atoms with van der Waals surface area (Å²) in [5.74, 6) is -0.882. The van der Waals surface area contributed by atoms with Gasteiger partial charge in [0.05, 0.1) is 12.8 Å². The van der Waals surface area contributed by atoms with Crippen molar-refractivity contribution < 1.29 is 18.8 Å². The normalized spacial score (nSPS) is 14.5. The van der Waals surface area contributed by atoms with E-state index in [2.05, 4.69) is 10.6 Å². The lowest BCUT2D eigenvalue weighted by molar-refractivity contribution is -0.141. The van der Waals surface area contributed by atoms with E-state index in [0.29, 0.717) is 0 Å². The number of nitrogens with zero attached hydrogens (tertiary/aromatic N) is 1. The van der Waals surface area contributed by atoms with Crippen LogP contribution in [-0.4, -0.2) is 35.2 Å². The van der Waals surface area contributed by atoms with Gasteiger partial charge in [0, 0.05) is 17.5 Å². The fourth-order valence-electron chi connectivity index (χ4n) is 4.08. The minimum Gasteiger partial charge on any atom is -0.459 e. The van der Waals surface area contributed by atoms with Crippen LogP contribution in [0.5, 0.6) is 0 Å². The third kappa shape index (κ3) is 5.90. The van der Waals surface area contributed by atoms with Crippen LogP contribution in [0.2, 0.25) is 0 Å². The van der Waals surface area contributed by atoms with E-state index >= 15 is 0 Å². The molecule has 172 valence electrons. The summed E-state index contributed by atoms with van der Waals surface area (Å²) >= 11 is 1.44. The van der Waals surface area contributed by atoms with E-state index in [-0.39, 0.29) is 36.7 Å². The Morgan fingerprint density at radius 1 is 1.03 bits per heavy atom. The third-order valence-electron chi connectivity index (χ3n) is 5.74. The Bertz CT molecular complexity index is 1040. The van der Waals surface area contributed by atoms with Gasteiger partial charge in [-0.1, -0.05) is 49.2 Å². The zero-order valence-corrected chi connectivity index (χ0v) is 19.1. The Hall–Kier alpha value is -3.39. The van der Waals surface area contributed by atoms with Crippen molar-refractivity contribution in [3.8, 4) is 0 Å². The number of hydrogen-bond acceptors (Lipinski definition) is 5. The molecule has 33 heavy (non-hydrogen) atoms. The van der Waals surface area contributed by atoms with Gasteiger partial charge in [-0.3, -0.25) is 14.4 Å². The van der Waals surface area contributed by atoms with Crippen LogP contribution >= 0.6 is 11.3 Å². The molecule has 1 aromatic carbocycles. The van der Waals surface area contributed by atoms with Crippen LogP contribution in [0.3, 0.4) is 0 Å². The molecule has 0 spiro atoms. The summed E-state index contributed by atoms with van der Waals surface area (Å²) in [5.41, 5.74) is 0.901. The highest BCUT2D eigenvalue weighted by atomic mass is 32.1. The number of rotatable bonds is 9. The topological polar surface area (TPSA) is 91.7 Å². The first-order chi connectivity index (χ1) is 16.1. The number of carbonyl (C=O) groups is 3. The summed E-state index contributed by atoms with van der Waals surface area (Å²) in [6.45, 7) is 0.00188. The molecule has 3 amide bonds. The van der Waals surface area contributed by atoms with E-state index in [0.717, 1.165) is 36.1 Å². The van der Waals surface area contributed by atoms with Crippen molar-refractivity contribution >= 4 is 29.1 Å².